The van der Waals surface area contributed by atoms with Gasteiger partial charge in [0.25, 0.3) is 0 Å². The minimum atomic E-state index is 0.274. The SMILES string of the molecule is CC1=CCC(C(C)CCN(C)CCO)CC1. The van der Waals surface area contributed by atoms with E-state index >= 15 is 0 Å². The molecule has 0 bridgehead atoms. The molecule has 1 aliphatic carbocycles. The zero-order valence-electron chi connectivity index (χ0n) is 11.1. The Hall–Kier alpha value is -0.340. The van der Waals surface area contributed by atoms with Crippen LogP contribution < -0.4 is 0 Å². The molecular weight excluding hydrogens is 198 g/mol. The van der Waals surface area contributed by atoms with Crippen LogP contribution in [0.25, 0.3) is 0 Å². The summed E-state index contributed by atoms with van der Waals surface area (Å²) in [5.74, 6) is 1.69. The van der Waals surface area contributed by atoms with Gasteiger partial charge in [0.1, 0.15) is 0 Å². The number of likely N-dealkylation sites (N-methyl/N-ethyl adjacent to an activating group) is 1. The molecule has 0 aromatic rings. The molecule has 1 N–H and O–H groups in total. The Balaban J connectivity index is 2.22. The van der Waals surface area contributed by atoms with Gasteiger partial charge in [-0.3, -0.25) is 0 Å². The van der Waals surface area contributed by atoms with Gasteiger partial charge in [0.15, 0.2) is 0 Å². The highest BCUT2D eigenvalue weighted by atomic mass is 16.3. The normalized spacial score (nSPS) is 23.3. The Labute approximate surface area is 100 Å². The summed E-state index contributed by atoms with van der Waals surface area (Å²) < 4.78 is 0. The maximum Gasteiger partial charge on any atom is 0.0558 e. The molecule has 0 saturated heterocycles. The third-order valence-electron chi connectivity index (χ3n) is 3.93. The molecule has 94 valence electrons. The van der Waals surface area contributed by atoms with Crippen LogP contribution in [0.15, 0.2) is 11.6 Å². The molecule has 0 aliphatic heterocycles. The molecule has 16 heavy (non-hydrogen) atoms. The minimum Gasteiger partial charge on any atom is -0.395 e. The van der Waals surface area contributed by atoms with E-state index in [4.69, 9.17) is 5.11 Å². The van der Waals surface area contributed by atoms with Gasteiger partial charge in [0.05, 0.1) is 6.61 Å². The molecule has 0 heterocycles. The van der Waals surface area contributed by atoms with Crippen LogP contribution in [0, 0.1) is 11.8 Å². The monoisotopic (exact) mass is 225 g/mol. The van der Waals surface area contributed by atoms with Gasteiger partial charge in [-0.2, -0.15) is 0 Å². The predicted octanol–water partition coefficient (Wildman–Crippen LogP) is 2.68. The highest BCUT2D eigenvalue weighted by Gasteiger charge is 2.19. The Morgan fingerprint density at radius 3 is 2.81 bits per heavy atom. The maximum absolute atomic E-state index is 8.83. The first-order valence-corrected chi connectivity index (χ1v) is 6.58. The number of aliphatic hydroxyl groups is 1. The first kappa shape index (κ1) is 13.7. The van der Waals surface area contributed by atoms with E-state index in [9.17, 15) is 0 Å². The summed E-state index contributed by atoms with van der Waals surface area (Å²) in [6.45, 7) is 6.81. The lowest BCUT2D eigenvalue weighted by Crippen LogP contribution is -2.26. The third-order valence-corrected chi connectivity index (χ3v) is 3.93. The van der Waals surface area contributed by atoms with Crippen molar-refractivity contribution in [2.24, 2.45) is 11.8 Å². The lowest BCUT2D eigenvalue weighted by Gasteiger charge is -2.28. The van der Waals surface area contributed by atoms with Gasteiger partial charge in [-0.05, 0) is 58.0 Å². The number of rotatable bonds is 6. The molecule has 2 unspecified atom stereocenters. The van der Waals surface area contributed by atoms with Crippen LogP contribution in [-0.2, 0) is 0 Å². The third kappa shape index (κ3) is 4.67. The first-order valence-electron chi connectivity index (χ1n) is 6.58. The standard InChI is InChI=1S/C14H27NO/c1-12-4-6-14(7-5-12)13(2)8-9-15(3)10-11-16/h4,13-14,16H,5-11H2,1-3H3. The van der Waals surface area contributed by atoms with Crippen LogP contribution in [0.5, 0.6) is 0 Å². The fourth-order valence-electron chi connectivity index (χ4n) is 2.44. The number of hydrogen-bond donors (Lipinski definition) is 1. The fraction of sp³-hybridized carbons (Fsp3) is 0.857. The molecule has 0 aromatic carbocycles. The molecule has 0 amide bonds. The fourth-order valence-corrected chi connectivity index (χ4v) is 2.44. The van der Waals surface area contributed by atoms with Crippen molar-refractivity contribution in [2.75, 3.05) is 26.7 Å². The highest BCUT2D eigenvalue weighted by molar-refractivity contribution is 5.03. The zero-order valence-corrected chi connectivity index (χ0v) is 11.1. The lowest BCUT2D eigenvalue weighted by atomic mass is 9.80. The van der Waals surface area contributed by atoms with Gasteiger partial charge in [0.2, 0.25) is 0 Å². The van der Waals surface area contributed by atoms with Crippen LogP contribution in [0.1, 0.15) is 39.5 Å². The van der Waals surface area contributed by atoms with E-state index in [0.29, 0.717) is 0 Å². The summed E-state index contributed by atoms with van der Waals surface area (Å²) in [6.07, 6.45) is 7.61. The molecule has 1 rings (SSSR count). The largest absolute Gasteiger partial charge is 0.395 e. The van der Waals surface area contributed by atoms with Gasteiger partial charge >= 0.3 is 0 Å². The molecule has 2 heteroatoms. The van der Waals surface area contributed by atoms with Crippen LogP contribution in [0.4, 0.5) is 0 Å². The summed E-state index contributed by atoms with van der Waals surface area (Å²) in [6, 6.07) is 0. The average Bonchev–Trinajstić information content (AvgIpc) is 2.27. The van der Waals surface area contributed by atoms with Crippen molar-refractivity contribution in [3.05, 3.63) is 11.6 Å². The Kier molecular flexibility index (Phi) is 6.07. The number of nitrogens with zero attached hydrogens (tertiary/aromatic N) is 1. The van der Waals surface area contributed by atoms with Gasteiger partial charge in [-0.1, -0.05) is 18.6 Å². The number of allylic oxidation sites excluding steroid dienone is 2. The van der Waals surface area contributed by atoms with E-state index in [-0.39, 0.29) is 6.61 Å². The van der Waals surface area contributed by atoms with Crippen LogP contribution in [0.2, 0.25) is 0 Å². The predicted molar refractivity (Wildman–Crippen MR) is 69.5 cm³/mol. The molecular formula is C14H27NO. The van der Waals surface area contributed by atoms with Gasteiger partial charge < -0.3 is 10.0 Å². The lowest BCUT2D eigenvalue weighted by molar-refractivity contribution is 0.202. The van der Waals surface area contributed by atoms with Crippen molar-refractivity contribution < 1.29 is 5.11 Å². The number of hydrogen-bond acceptors (Lipinski definition) is 2. The summed E-state index contributed by atoms with van der Waals surface area (Å²) in [7, 11) is 2.09. The van der Waals surface area contributed by atoms with E-state index in [0.717, 1.165) is 24.9 Å². The Bertz CT molecular complexity index is 225. The summed E-state index contributed by atoms with van der Waals surface area (Å²) in [5.41, 5.74) is 1.57. The second-order valence-electron chi connectivity index (χ2n) is 5.38. The smallest absolute Gasteiger partial charge is 0.0558 e. The second kappa shape index (κ2) is 7.08. The summed E-state index contributed by atoms with van der Waals surface area (Å²) >= 11 is 0. The first-order chi connectivity index (χ1) is 7.63. The van der Waals surface area contributed by atoms with E-state index in [1.807, 2.05) is 0 Å². The maximum atomic E-state index is 8.83. The highest BCUT2D eigenvalue weighted by Crippen LogP contribution is 2.30. The van der Waals surface area contributed by atoms with Crippen molar-refractivity contribution in [1.29, 1.82) is 0 Å². The molecule has 1 aliphatic rings. The van der Waals surface area contributed by atoms with Crippen molar-refractivity contribution in [1.82, 2.24) is 4.90 Å². The molecule has 0 aromatic heterocycles. The van der Waals surface area contributed by atoms with Crippen molar-refractivity contribution in [3.8, 4) is 0 Å². The van der Waals surface area contributed by atoms with E-state index in [2.05, 4.69) is 31.9 Å². The Morgan fingerprint density at radius 2 is 2.25 bits per heavy atom. The van der Waals surface area contributed by atoms with Crippen LogP contribution in [-0.4, -0.2) is 36.8 Å². The molecule has 2 nitrogen and oxygen atoms in total. The molecule has 0 fully saturated rings. The second-order valence-corrected chi connectivity index (χ2v) is 5.38. The molecule has 2 atom stereocenters. The van der Waals surface area contributed by atoms with E-state index in [1.54, 1.807) is 5.57 Å². The van der Waals surface area contributed by atoms with E-state index < -0.39 is 0 Å². The van der Waals surface area contributed by atoms with Crippen LogP contribution in [0.3, 0.4) is 0 Å². The summed E-state index contributed by atoms with van der Waals surface area (Å²) in [5, 5.41) is 8.83. The van der Waals surface area contributed by atoms with Gasteiger partial charge in [-0.25, -0.2) is 0 Å². The van der Waals surface area contributed by atoms with E-state index in [1.165, 1.54) is 25.7 Å². The molecule has 0 radical (unpaired) electrons. The van der Waals surface area contributed by atoms with Crippen molar-refractivity contribution in [3.63, 3.8) is 0 Å². The molecule has 0 saturated carbocycles. The Morgan fingerprint density at radius 1 is 1.50 bits per heavy atom. The van der Waals surface area contributed by atoms with Gasteiger partial charge in [-0.15, -0.1) is 0 Å². The zero-order chi connectivity index (χ0) is 12.0. The topological polar surface area (TPSA) is 23.5 Å². The molecule has 0 spiro atoms. The quantitative estimate of drug-likeness (QED) is 0.703. The van der Waals surface area contributed by atoms with Crippen molar-refractivity contribution >= 4 is 0 Å². The number of aliphatic hydroxyl groups excluding tert-OH is 1. The summed E-state index contributed by atoms with van der Waals surface area (Å²) in [4.78, 5) is 2.22. The van der Waals surface area contributed by atoms with Crippen molar-refractivity contribution in [2.45, 2.75) is 39.5 Å². The van der Waals surface area contributed by atoms with Crippen LogP contribution >= 0.6 is 0 Å². The van der Waals surface area contributed by atoms with Gasteiger partial charge in [0, 0.05) is 6.54 Å². The average molecular weight is 225 g/mol. The minimum absolute atomic E-state index is 0.274.